The van der Waals surface area contributed by atoms with E-state index in [2.05, 4.69) is 10.1 Å². The van der Waals surface area contributed by atoms with E-state index in [0.717, 1.165) is 16.7 Å². The second kappa shape index (κ2) is 11.2. The molecule has 0 aliphatic heterocycles. The second-order valence-electron chi connectivity index (χ2n) is 9.98. The van der Waals surface area contributed by atoms with Crippen molar-refractivity contribution in [3.63, 3.8) is 0 Å². The number of aryl methyl sites for hydroxylation is 2. The van der Waals surface area contributed by atoms with Crippen LogP contribution in [0.5, 0.6) is 11.6 Å². The van der Waals surface area contributed by atoms with Crippen molar-refractivity contribution in [1.29, 1.82) is 0 Å². The fourth-order valence-electron chi connectivity index (χ4n) is 4.78. The van der Waals surface area contributed by atoms with Crippen molar-refractivity contribution in [2.24, 2.45) is 0 Å². The van der Waals surface area contributed by atoms with Crippen LogP contribution in [0.15, 0.2) is 60.4 Å². The smallest absolute Gasteiger partial charge is 0.219 e. The van der Waals surface area contributed by atoms with Crippen LogP contribution in [-0.2, 0) is 22.0 Å². The Kier molecular flexibility index (Phi) is 7.72. The van der Waals surface area contributed by atoms with E-state index in [-0.39, 0.29) is 46.7 Å². The van der Waals surface area contributed by atoms with Crippen molar-refractivity contribution in [3.8, 4) is 17.3 Å². The van der Waals surface area contributed by atoms with Gasteiger partial charge in [-0.2, -0.15) is 5.10 Å². The van der Waals surface area contributed by atoms with Gasteiger partial charge in [-0.05, 0) is 66.3 Å². The van der Waals surface area contributed by atoms with Crippen molar-refractivity contribution in [1.82, 2.24) is 14.8 Å². The molecule has 1 aliphatic rings. The number of para-hydroxylation sites is 1. The molecule has 5 rings (SSSR count). The Balaban J connectivity index is 1.34. The zero-order valence-corrected chi connectivity index (χ0v) is 23.3. The summed E-state index contributed by atoms with van der Waals surface area (Å²) in [6, 6.07) is 11.3. The number of hydrogen-bond donors (Lipinski definition) is 1. The lowest BCUT2D eigenvalue weighted by Crippen LogP contribution is -2.11. The Hall–Kier alpha value is -4.38. The average molecular weight is 579 g/mol. The molecule has 41 heavy (non-hydrogen) atoms. The molecular formula is C30H28F2N4O4S. The van der Waals surface area contributed by atoms with Crippen LogP contribution in [0.3, 0.4) is 0 Å². The van der Waals surface area contributed by atoms with E-state index < -0.39 is 22.3 Å². The molecule has 0 bridgehead atoms. The molecule has 11 heteroatoms. The van der Waals surface area contributed by atoms with E-state index in [4.69, 9.17) is 10.5 Å². The molecule has 8 nitrogen and oxygen atoms in total. The number of fused-ring (bicyclic) bond motifs is 1. The number of carbonyl (C=O) groups is 1. The van der Waals surface area contributed by atoms with Gasteiger partial charge < -0.3 is 10.5 Å². The van der Waals surface area contributed by atoms with Gasteiger partial charge in [-0.3, -0.25) is 9.18 Å². The number of allylic oxidation sites excluding steroid dienone is 1. The number of anilines is 1. The number of benzene rings is 2. The molecule has 1 aliphatic carbocycles. The summed E-state index contributed by atoms with van der Waals surface area (Å²) in [5, 5.41) is 4.32. The topological polar surface area (TPSA) is 117 Å². The highest BCUT2D eigenvalue weighted by Crippen LogP contribution is 2.32. The van der Waals surface area contributed by atoms with E-state index in [1.165, 1.54) is 29.2 Å². The lowest BCUT2D eigenvalue weighted by molar-refractivity contribution is 0.103. The van der Waals surface area contributed by atoms with Crippen molar-refractivity contribution < 1.29 is 26.7 Å². The van der Waals surface area contributed by atoms with Gasteiger partial charge in [0.2, 0.25) is 5.88 Å². The molecule has 0 spiro atoms. The Labute approximate surface area is 236 Å². The number of alkyl halides is 1. The van der Waals surface area contributed by atoms with Crippen LogP contribution in [0.25, 0.3) is 11.8 Å². The molecule has 2 N–H and O–H groups in total. The predicted octanol–water partition coefficient (Wildman–Crippen LogP) is 5.49. The normalized spacial score (nSPS) is 12.7. The van der Waals surface area contributed by atoms with Crippen LogP contribution in [0.2, 0.25) is 0 Å². The van der Waals surface area contributed by atoms with Crippen LogP contribution >= 0.6 is 0 Å². The summed E-state index contributed by atoms with van der Waals surface area (Å²) in [4.78, 5) is 17.7. The molecule has 0 unspecified atom stereocenters. The third-order valence-electron chi connectivity index (χ3n) is 6.95. The average Bonchev–Trinajstić information content (AvgIpc) is 3.51. The number of pyridine rings is 1. The maximum absolute atomic E-state index is 14.0. The molecule has 0 amide bonds. The van der Waals surface area contributed by atoms with Gasteiger partial charge in [0, 0.05) is 18.1 Å². The summed E-state index contributed by atoms with van der Waals surface area (Å²) < 4.78 is 58.2. The summed E-state index contributed by atoms with van der Waals surface area (Å²) >= 11 is 0. The van der Waals surface area contributed by atoms with E-state index in [1.807, 2.05) is 13.0 Å². The minimum atomic E-state index is -3.44. The molecule has 0 fully saturated rings. The molecule has 212 valence electrons. The molecule has 4 aromatic rings. The Morgan fingerprint density at radius 1 is 1.12 bits per heavy atom. The van der Waals surface area contributed by atoms with Gasteiger partial charge in [0.1, 0.15) is 5.82 Å². The Morgan fingerprint density at radius 3 is 2.63 bits per heavy atom. The first kappa shape index (κ1) is 28.2. The minimum Gasteiger partial charge on any atom is -0.436 e. The van der Waals surface area contributed by atoms with Gasteiger partial charge in [0.15, 0.2) is 27.2 Å². The third-order valence-corrected chi connectivity index (χ3v) is 8.61. The molecule has 2 aromatic heterocycles. The van der Waals surface area contributed by atoms with Crippen LogP contribution in [0.4, 0.5) is 14.6 Å². The van der Waals surface area contributed by atoms with Crippen LogP contribution < -0.4 is 10.5 Å². The van der Waals surface area contributed by atoms with Gasteiger partial charge in [0.25, 0.3) is 0 Å². The molecule has 2 heterocycles. The molecule has 2 aromatic carbocycles. The lowest BCUT2D eigenvalue weighted by Gasteiger charge is -2.11. The number of hydrogen-bond acceptors (Lipinski definition) is 7. The number of nitrogens with two attached hydrogens (primary N) is 1. The fraction of sp³-hybridized carbons (Fsp3) is 0.233. The number of nitrogen functional groups attached to an aromatic ring is 1. The van der Waals surface area contributed by atoms with Crippen LogP contribution in [0, 0.1) is 19.7 Å². The van der Waals surface area contributed by atoms with Crippen molar-refractivity contribution in [2.45, 2.75) is 32.4 Å². The summed E-state index contributed by atoms with van der Waals surface area (Å²) in [5.41, 5.74) is 11.4. The van der Waals surface area contributed by atoms with Gasteiger partial charge in [-0.15, -0.1) is 0 Å². The Bertz CT molecular complexity index is 1800. The van der Waals surface area contributed by atoms with Crippen molar-refractivity contribution in [2.75, 3.05) is 18.2 Å². The number of rotatable bonds is 10. The monoisotopic (exact) mass is 578 g/mol. The summed E-state index contributed by atoms with van der Waals surface area (Å²) in [5.74, 6) is -0.805. The van der Waals surface area contributed by atoms with Crippen molar-refractivity contribution >= 4 is 27.5 Å². The second-order valence-corrected chi connectivity index (χ2v) is 12.2. The van der Waals surface area contributed by atoms with Gasteiger partial charge >= 0.3 is 0 Å². The standard InChI is InChI=1S/C30H28F2N4O4S/c1-18-10-20-12-22(13-21(20)14-23(18)17-41(38,39)9-5-8-31)29(37)24-15-35-36(30(24)33)26-16-34-28(11-19(26)2)40-27-7-4-3-6-25(27)32/h3-4,6-7,10-12,14-16H,5,8-9,13,17,33H2,1-2H3. The maximum atomic E-state index is 14.0. The summed E-state index contributed by atoms with van der Waals surface area (Å²) in [7, 11) is -3.44. The zero-order chi connectivity index (χ0) is 29.3. The van der Waals surface area contributed by atoms with Gasteiger partial charge in [-0.25, -0.2) is 22.5 Å². The summed E-state index contributed by atoms with van der Waals surface area (Å²) in [6.07, 6.45) is 4.96. The third kappa shape index (κ3) is 5.90. The first-order valence-electron chi connectivity index (χ1n) is 12.9. The van der Waals surface area contributed by atoms with Gasteiger partial charge in [0.05, 0.1) is 41.8 Å². The number of Topliss-reactive ketones (excluding diaryl/α,β-unsaturated/α-hetero) is 1. The number of sulfone groups is 1. The number of halogens is 2. The number of carbonyl (C=O) groups excluding carboxylic acids is 1. The highest BCUT2D eigenvalue weighted by atomic mass is 32.2. The molecule has 0 atom stereocenters. The quantitative estimate of drug-likeness (QED) is 0.247. The fourth-order valence-corrected chi connectivity index (χ4v) is 6.26. The zero-order valence-electron chi connectivity index (χ0n) is 22.5. The van der Waals surface area contributed by atoms with E-state index >= 15 is 0 Å². The van der Waals surface area contributed by atoms with Crippen molar-refractivity contribution in [3.05, 3.63) is 99.6 Å². The lowest BCUT2D eigenvalue weighted by atomic mass is 10.0. The number of ether oxygens (including phenoxy) is 1. The van der Waals surface area contributed by atoms with E-state index in [9.17, 15) is 22.0 Å². The highest BCUT2D eigenvalue weighted by Gasteiger charge is 2.26. The minimum absolute atomic E-state index is 0.0250. The van der Waals surface area contributed by atoms with Crippen LogP contribution in [-0.4, -0.2) is 41.4 Å². The SMILES string of the molecule is Cc1cc2c(cc1CS(=O)(=O)CCCF)CC(C(=O)c1cnn(-c3cnc(Oc4ccccc4F)cc3C)c1N)=C2. The maximum Gasteiger partial charge on any atom is 0.219 e. The number of ketones is 1. The largest absolute Gasteiger partial charge is 0.436 e. The highest BCUT2D eigenvalue weighted by molar-refractivity contribution is 7.90. The first-order chi connectivity index (χ1) is 19.6. The molecule has 0 saturated heterocycles. The molecule has 0 radical (unpaired) electrons. The molecular weight excluding hydrogens is 550 g/mol. The Morgan fingerprint density at radius 2 is 1.90 bits per heavy atom. The van der Waals surface area contributed by atoms with Crippen LogP contribution in [0.1, 0.15) is 44.6 Å². The van der Waals surface area contributed by atoms with E-state index in [1.54, 1.807) is 37.3 Å². The number of aromatic nitrogens is 3. The first-order valence-corrected chi connectivity index (χ1v) is 14.8. The number of nitrogens with zero attached hydrogens (tertiary/aromatic N) is 3. The predicted molar refractivity (Wildman–Crippen MR) is 152 cm³/mol. The van der Waals surface area contributed by atoms with E-state index in [0.29, 0.717) is 28.8 Å². The molecule has 0 saturated carbocycles. The van der Waals surface area contributed by atoms with Gasteiger partial charge in [-0.1, -0.05) is 24.3 Å². The summed E-state index contributed by atoms with van der Waals surface area (Å²) in [6.45, 7) is 2.93.